The molecule has 1 aliphatic heterocycles. The minimum atomic E-state index is -0.459. The van der Waals surface area contributed by atoms with Gasteiger partial charge in [-0.15, -0.1) is 0 Å². The molecule has 6 heteroatoms. The molecule has 1 aliphatic rings. The van der Waals surface area contributed by atoms with Crippen molar-refractivity contribution < 1.29 is 14.5 Å². The maximum Gasteiger partial charge on any atom is 0.269 e. The van der Waals surface area contributed by atoms with Gasteiger partial charge in [0.1, 0.15) is 12.4 Å². The van der Waals surface area contributed by atoms with Gasteiger partial charge < -0.3 is 10.1 Å². The Balaban J connectivity index is 1.68. The first-order valence-corrected chi connectivity index (χ1v) is 7.07. The van der Waals surface area contributed by atoms with E-state index < -0.39 is 4.92 Å². The zero-order valence-corrected chi connectivity index (χ0v) is 12.2. The maximum absolute atomic E-state index is 12.2. The molecule has 0 aliphatic carbocycles. The highest BCUT2D eigenvalue weighted by molar-refractivity contribution is 5.99. The van der Waals surface area contributed by atoms with E-state index in [-0.39, 0.29) is 24.7 Å². The molecule has 0 bridgehead atoms. The zero-order chi connectivity index (χ0) is 16.2. The van der Waals surface area contributed by atoms with Gasteiger partial charge in [-0.25, -0.2) is 0 Å². The summed E-state index contributed by atoms with van der Waals surface area (Å²) >= 11 is 0. The van der Waals surface area contributed by atoms with Crippen LogP contribution in [0.4, 0.5) is 5.69 Å². The van der Waals surface area contributed by atoms with Crippen molar-refractivity contribution in [1.29, 1.82) is 0 Å². The highest BCUT2D eigenvalue weighted by Gasteiger charge is 2.16. The molecular formula is C17H14N2O4. The molecule has 0 saturated heterocycles. The monoisotopic (exact) mass is 310 g/mol. The Bertz CT molecular complexity index is 799. The first kappa shape index (κ1) is 14.8. The molecule has 1 heterocycles. The van der Waals surface area contributed by atoms with Gasteiger partial charge in [0.05, 0.1) is 10.5 Å². The third-order valence-electron chi connectivity index (χ3n) is 3.50. The van der Waals surface area contributed by atoms with E-state index in [1.807, 2.05) is 24.3 Å². The van der Waals surface area contributed by atoms with Crippen molar-refractivity contribution in [2.24, 2.45) is 0 Å². The number of carbonyl (C=O) groups excluding carboxylic acids is 1. The average molecular weight is 310 g/mol. The Hall–Kier alpha value is -3.15. The largest absolute Gasteiger partial charge is 0.488 e. The Morgan fingerprint density at radius 2 is 2.04 bits per heavy atom. The van der Waals surface area contributed by atoms with Crippen LogP contribution in [-0.2, 0) is 11.3 Å². The SMILES string of the molecule is O=C(NCc1cccc([N+](=O)[O-])c1)C1=Cc2ccccc2OC1. The lowest BCUT2D eigenvalue weighted by molar-refractivity contribution is -0.384. The third kappa shape index (κ3) is 3.37. The molecule has 2 aromatic carbocycles. The number of rotatable bonds is 4. The number of nitrogens with zero attached hydrogens (tertiary/aromatic N) is 1. The number of benzene rings is 2. The van der Waals surface area contributed by atoms with Crippen molar-refractivity contribution in [3.05, 3.63) is 75.3 Å². The van der Waals surface area contributed by atoms with E-state index >= 15 is 0 Å². The summed E-state index contributed by atoms with van der Waals surface area (Å²) in [6.45, 7) is 0.428. The number of amides is 1. The van der Waals surface area contributed by atoms with Crippen LogP contribution in [0.5, 0.6) is 5.75 Å². The van der Waals surface area contributed by atoms with Crippen LogP contribution >= 0.6 is 0 Å². The molecule has 0 spiro atoms. The first-order chi connectivity index (χ1) is 11.1. The fourth-order valence-corrected chi connectivity index (χ4v) is 2.32. The number of nitro benzene ring substituents is 1. The van der Waals surface area contributed by atoms with Gasteiger partial charge in [0, 0.05) is 24.2 Å². The number of non-ortho nitro benzene ring substituents is 1. The van der Waals surface area contributed by atoms with E-state index in [0.717, 1.165) is 11.3 Å². The average Bonchev–Trinajstić information content (AvgIpc) is 2.59. The number of hydrogen-bond donors (Lipinski definition) is 1. The summed E-state index contributed by atoms with van der Waals surface area (Å²) in [5, 5.41) is 13.5. The second kappa shape index (κ2) is 6.31. The smallest absolute Gasteiger partial charge is 0.269 e. The lowest BCUT2D eigenvalue weighted by Crippen LogP contribution is -2.28. The van der Waals surface area contributed by atoms with Gasteiger partial charge in [0.15, 0.2) is 0 Å². The van der Waals surface area contributed by atoms with Crippen molar-refractivity contribution >= 4 is 17.7 Å². The Labute approximate surface area is 132 Å². The van der Waals surface area contributed by atoms with Crippen LogP contribution in [0.3, 0.4) is 0 Å². The van der Waals surface area contributed by atoms with Crippen LogP contribution in [0.1, 0.15) is 11.1 Å². The molecule has 1 N–H and O–H groups in total. The maximum atomic E-state index is 12.2. The molecule has 0 fully saturated rings. The number of hydrogen-bond acceptors (Lipinski definition) is 4. The van der Waals surface area contributed by atoms with Gasteiger partial charge in [0.2, 0.25) is 0 Å². The second-order valence-corrected chi connectivity index (χ2v) is 5.11. The summed E-state index contributed by atoms with van der Waals surface area (Å²) in [6.07, 6.45) is 1.79. The molecule has 6 nitrogen and oxygen atoms in total. The second-order valence-electron chi connectivity index (χ2n) is 5.11. The summed E-state index contributed by atoms with van der Waals surface area (Å²) in [5.74, 6) is 0.508. The van der Waals surface area contributed by atoms with Crippen LogP contribution in [0.15, 0.2) is 54.1 Å². The third-order valence-corrected chi connectivity index (χ3v) is 3.50. The minimum absolute atomic E-state index is 0.00546. The fourth-order valence-electron chi connectivity index (χ4n) is 2.32. The standard InChI is InChI=1S/C17H14N2O4/c20-17(14-9-13-5-1-2-7-16(13)23-11-14)18-10-12-4-3-6-15(8-12)19(21)22/h1-9H,10-11H2,(H,18,20). The summed E-state index contributed by atoms with van der Waals surface area (Å²) < 4.78 is 5.54. The molecule has 116 valence electrons. The quantitative estimate of drug-likeness (QED) is 0.695. The van der Waals surface area contributed by atoms with E-state index in [2.05, 4.69) is 5.32 Å². The Morgan fingerprint density at radius 3 is 2.87 bits per heavy atom. The molecule has 2 aromatic rings. The molecule has 0 unspecified atom stereocenters. The van der Waals surface area contributed by atoms with Crippen molar-refractivity contribution in [2.45, 2.75) is 6.54 Å². The van der Waals surface area contributed by atoms with E-state index in [0.29, 0.717) is 11.1 Å². The van der Waals surface area contributed by atoms with E-state index in [9.17, 15) is 14.9 Å². The number of para-hydroxylation sites is 1. The van der Waals surface area contributed by atoms with Crippen molar-refractivity contribution in [1.82, 2.24) is 5.32 Å². The number of ether oxygens (including phenoxy) is 1. The van der Waals surface area contributed by atoms with Gasteiger partial charge in [-0.1, -0.05) is 30.3 Å². The summed E-state index contributed by atoms with van der Waals surface area (Å²) in [7, 11) is 0. The van der Waals surface area contributed by atoms with Gasteiger partial charge in [-0.3, -0.25) is 14.9 Å². The highest BCUT2D eigenvalue weighted by atomic mass is 16.6. The molecular weight excluding hydrogens is 296 g/mol. The summed E-state index contributed by atoms with van der Waals surface area (Å²) in [5.41, 5.74) is 2.06. The summed E-state index contributed by atoms with van der Waals surface area (Å²) in [6, 6.07) is 13.7. The zero-order valence-electron chi connectivity index (χ0n) is 12.2. The van der Waals surface area contributed by atoms with Gasteiger partial charge in [-0.05, 0) is 17.7 Å². The lowest BCUT2D eigenvalue weighted by Gasteiger charge is -2.17. The summed E-state index contributed by atoms with van der Waals surface area (Å²) in [4.78, 5) is 22.5. The fraction of sp³-hybridized carbons (Fsp3) is 0.118. The molecule has 0 aromatic heterocycles. The van der Waals surface area contributed by atoms with Crippen LogP contribution < -0.4 is 10.1 Å². The van der Waals surface area contributed by atoms with Crippen LogP contribution in [0.2, 0.25) is 0 Å². The number of carbonyl (C=O) groups is 1. The molecule has 0 radical (unpaired) electrons. The van der Waals surface area contributed by atoms with Crippen LogP contribution in [0, 0.1) is 10.1 Å². The van der Waals surface area contributed by atoms with E-state index in [4.69, 9.17) is 4.74 Å². The Kier molecular flexibility index (Phi) is 4.05. The van der Waals surface area contributed by atoms with Gasteiger partial charge in [0.25, 0.3) is 11.6 Å². The molecule has 23 heavy (non-hydrogen) atoms. The lowest BCUT2D eigenvalue weighted by atomic mass is 10.1. The van der Waals surface area contributed by atoms with E-state index in [1.54, 1.807) is 18.2 Å². The van der Waals surface area contributed by atoms with Crippen molar-refractivity contribution in [3.8, 4) is 5.75 Å². The van der Waals surface area contributed by atoms with E-state index in [1.165, 1.54) is 12.1 Å². The van der Waals surface area contributed by atoms with Gasteiger partial charge >= 0.3 is 0 Å². The predicted octanol–water partition coefficient (Wildman–Crippen LogP) is 2.69. The minimum Gasteiger partial charge on any atom is -0.488 e. The number of nitro groups is 1. The van der Waals surface area contributed by atoms with Crippen LogP contribution in [-0.4, -0.2) is 17.4 Å². The van der Waals surface area contributed by atoms with Crippen molar-refractivity contribution in [3.63, 3.8) is 0 Å². The number of fused-ring (bicyclic) bond motifs is 1. The molecule has 0 saturated carbocycles. The van der Waals surface area contributed by atoms with Crippen LogP contribution in [0.25, 0.3) is 6.08 Å². The number of nitrogens with one attached hydrogen (secondary N) is 1. The predicted molar refractivity (Wildman–Crippen MR) is 84.9 cm³/mol. The first-order valence-electron chi connectivity index (χ1n) is 7.07. The topological polar surface area (TPSA) is 81.5 Å². The Morgan fingerprint density at radius 1 is 1.22 bits per heavy atom. The van der Waals surface area contributed by atoms with Crippen molar-refractivity contribution in [2.75, 3.05) is 6.61 Å². The normalized spacial score (nSPS) is 12.6. The molecule has 3 rings (SSSR count). The molecule has 0 atom stereocenters. The highest BCUT2D eigenvalue weighted by Crippen LogP contribution is 2.25. The van der Waals surface area contributed by atoms with Gasteiger partial charge in [-0.2, -0.15) is 0 Å². The molecule has 1 amide bonds.